The number of rotatable bonds is 11. The maximum Gasteiger partial charge on any atom is 0.338 e. The van der Waals surface area contributed by atoms with Crippen molar-refractivity contribution in [3.05, 3.63) is 144 Å². The molecule has 0 bridgehead atoms. The highest BCUT2D eigenvalue weighted by Crippen LogP contribution is 2.30. The van der Waals surface area contributed by atoms with E-state index in [0.717, 1.165) is 5.56 Å². The lowest BCUT2D eigenvalue weighted by Crippen LogP contribution is -2.66. The predicted molar refractivity (Wildman–Crippen MR) is 166 cm³/mol. The molecule has 1 aliphatic rings. The molecule has 0 aliphatic carbocycles. The number of carbonyl (C=O) groups is 4. The van der Waals surface area contributed by atoms with Gasteiger partial charge in [0, 0.05) is 6.92 Å². The summed E-state index contributed by atoms with van der Waals surface area (Å²) >= 11 is 0. The molecular formula is C36H33NO9. The van der Waals surface area contributed by atoms with Gasteiger partial charge in [-0.25, -0.2) is 14.4 Å². The number of carbonyl (C=O) groups excluding carboxylic acids is 4. The molecule has 0 saturated carbocycles. The van der Waals surface area contributed by atoms with Gasteiger partial charge in [-0.1, -0.05) is 84.9 Å². The summed E-state index contributed by atoms with van der Waals surface area (Å²) in [6, 6.07) is 33.0. The Balaban J connectivity index is 1.50. The lowest BCUT2D eigenvalue weighted by atomic mass is 9.95. The van der Waals surface area contributed by atoms with Crippen molar-refractivity contribution in [1.29, 1.82) is 0 Å². The average Bonchev–Trinajstić information content (AvgIpc) is 3.09. The third kappa shape index (κ3) is 8.44. The molecule has 2 unspecified atom stereocenters. The molecule has 1 heterocycles. The van der Waals surface area contributed by atoms with Gasteiger partial charge >= 0.3 is 17.9 Å². The molecule has 5 atom stereocenters. The van der Waals surface area contributed by atoms with E-state index in [4.69, 9.17) is 23.7 Å². The SMILES string of the molecule is CC(=O)NC1[C@H](OCc2ccccc2)OC(COC(=O)c2ccccc2)[C@H](OC(=O)c2ccccc2)[C@@H]1OC(=O)c1ccccc1. The third-order valence-electron chi connectivity index (χ3n) is 7.17. The Bertz CT molecular complexity index is 1600. The molecule has 1 saturated heterocycles. The van der Waals surface area contributed by atoms with Gasteiger partial charge in [0.05, 0.1) is 23.3 Å². The van der Waals surface area contributed by atoms with Gasteiger partial charge in [-0.2, -0.15) is 0 Å². The van der Waals surface area contributed by atoms with E-state index >= 15 is 0 Å². The number of hydrogen-bond acceptors (Lipinski definition) is 9. The molecule has 10 heteroatoms. The first kappa shape index (κ1) is 32.1. The van der Waals surface area contributed by atoms with Crippen LogP contribution in [0.1, 0.15) is 43.6 Å². The van der Waals surface area contributed by atoms with Crippen molar-refractivity contribution in [3.8, 4) is 0 Å². The summed E-state index contributed by atoms with van der Waals surface area (Å²) in [6.45, 7) is 0.979. The van der Waals surface area contributed by atoms with Crippen molar-refractivity contribution < 1.29 is 42.9 Å². The highest BCUT2D eigenvalue weighted by atomic mass is 16.7. The Labute approximate surface area is 266 Å². The zero-order chi connectivity index (χ0) is 32.3. The highest BCUT2D eigenvalue weighted by molar-refractivity contribution is 5.91. The highest BCUT2D eigenvalue weighted by Gasteiger charge is 2.52. The topological polar surface area (TPSA) is 126 Å². The second-order valence-electron chi connectivity index (χ2n) is 10.5. The van der Waals surface area contributed by atoms with Crippen LogP contribution in [0.4, 0.5) is 0 Å². The molecule has 10 nitrogen and oxygen atoms in total. The maximum atomic E-state index is 13.4. The summed E-state index contributed by atoms with van der Waals surface area (Å²) in [7, 11) is 0. The van der Waals surface area contributed by atoms with Gasteiger partial charge in [-0.3, -0.25) is 4.79 Å². The maximum absolute atomic E-state index is 13.4. The number of ether oxygens (including phenoxy) is 5. The van der Waals surface area contributed by atoms with Crippen molar-refractivity contribution in [2.24, 2.45) is 0 Å². The van der Waals surface area contributed by atoms with Crippen molar-refractivity contribution in [3.63, 3.8) is 0 Å². The standard InChI is InChI=1S/C36H33NO9/c1-24(38)37-30-32(46-35(41)28-20-12-5-13-21-28)31(45-34(40)27-18-10-4-11-19-27)29(23-42-33(39)26-16-8-3-9-17-26)44-36(30)43-22-25-14-6-2-7-15-25/h2-21,29-32,36H,22-23H2,1H3,(H,37,38)/t29?,30?,31-,32+,36+/m0/s1. The molecule has 0 aromatic heterocycles. The molecule has 1 N–H and O–H groups in total. The Morgan fingerprint density at radius 1 is 0.630 bits per heavy atom. The summed E-state index contributed by atoms with van der Waals surface area (Å²) in [5.74, 6) is -2.57. The monoisotopic (exact) mass is 623 g/mol. The summed E-state index contributed by atoms with van der Waals surface area (Å²) < 4.78 is 30.0. The molecule has 1 fully saturated rings. The minimum atomic E-state index is -1.34. The Morgan fingerprint density at radius 3 is 1.59 bits per heavy atom. The summed E-state index contributed by atoms with van der Waals surface area (Å²) in [4.78, 5) is 52.3. The van der Waals surface area contributed by atoms with Crippen LogP contribution in [0.3, 0.4) is 0 Å². The van der Waals surface area contributed by atoms with Crippen LogP contribution in [0.15, 0.2) is 121 Å². The predicted octanol–water partition coefficient (Wildman–Crippen LogP) is 4.74. The van der Waals surface area contributed by atoms with Crippen LogP contribution < -0.4 is 5.32 Å². The Kier molecular flexibility index (Phi) is 10.9. The Hall–Kier alpha value is -5.32. The van der Waals surface area contributed by atoms with E-state index in [-0.39, 0.29) is 17.7 Å². The summed E-state index contributed by atoms with van der Waals surface area (Å²) in [5, 5.41) is 2.76. The fourth-order valence-corrected chi connectivity index (χ4v) is 4.95. The van der Waals surface area contributed by atoms with E-state index < -0.39 is 61.1 Å². The van der Waals surface area contributed by atoms with E-state index in [1.807, 2.05) is 30.3 Å². The van der Waals surface area contributed by atoms with Crippen LogP contribution in [0.2, 0.25) is 0 Å². The van der Waals surface area contributed by atoms with E-state index in [1.54, 1.807) is 91.0 Å². The van der Waals surface area contributed by atoms with Crippen LogP contribution in [0, 0.1) is 0 Å². The second kappa shape index (κ2) is 15.6. The zero-order valence-electron chi connectivity index (χ0n) is 25.0. The largest absolute Gasteiger partial charge is 0.459 e. The molecule has 236 valence electrons. The molecular weight excluding hydrogens is 590 g/mol. The second-order valence-corrected chi connectivity index (χ2v) is 10.5. The fraction of sp³-hybridized carbons (Fsp3) is 0.222. The van der Waals surface area contributed by atoms with Crippen molar-refractivity contribution >= 4 is 23.8 Å². The number of esters is 3. The zero-order valence-corrected chi connectivity index (χ0v) is 25.0. The van der Waals surface area contributed by atoms with E-state index in [0.29, 0.717) is 5.56 Å². The van der Waals surface area contributed by atoms with Gasteiger partial charge in [0.2, 0.25) is 5.91 Å². The lowest BCUT2D eigenvalue weighted by molar-refractivity contribution is -0.272. The molecule has 1 aliphatic heterocycles. The molecule has 1 amide bonds. The first-order valence-electron chi connectivity index (χ1n) is 14.7. The van der Waals surface area contributed by atoms with Gasteiger partial charge in [0.15, 0.2) is 18.5 Å². The molecule has 4 aromatic rings. The van der Waals surface area contributed by atoms with Crippen LogP contribution in [0.25, 0.3) is 0 Å². The lowest BCUT2D eigenvalue weighted by Gasteiger charge is -2.45. The average molecular weight is 624 g/mol. The smallest absolute Gasteiger partial charge is 0.338 e. The van der Waals surface area contributed by atoms with Gasteiger partial charge in [-0.15, -0.1) is 0 Å². The van der Waals surface area contributed by atoms with E-state index in [1.165, 1.54) is 6.92 Å². The fourth-order valence-electron chi connectivity index (χ4n) is 4.95. The van der Waals surface area contributed by atoms with Crippen molar-refractivity contribution in [2.45, 2.75) is 44.2 Å². The van der Waals surface area contributed by atoms with E-state index in [2.05, 4.69) is 5.32 Å². The van der Waals surface area contributed by atoms with Crippen LogP contribution in [-0.4, -0.2) is 61.1 Å². The molecule has 0 radical (unpaired) electrons. The van der Waals surface area contributed by atoms with Crippen molar-refractivity contribution in [2.75, 3.05) is 6.61 Å². The van der Waals surface area contributed by atoms with Gasteiger partial charge in [0.25, 0.3) is 0 Å². The third-order valence-corrected chi connectivity index (χ3v) is 7.17. The minimum absolute atomic E-state index is 0.0753. The quantitative estimate of drug-likeness (QED) is 0.186. The molecule has 46 heavy (non-hydrogen) atoms. The number of hydrogen-bond donors (Lipinski definition) is 1. The first-order valence-corrected chi connectivity index (χ1v) is 14.7. The first-order chi connectivity index (χ1) is 22.4. The van der Waals surface area contributed by atoms with Gasteiger partial charge in [-0.05, 0) is 42.0 Å². The van der Waals surface area contributed by atoms with Gasteiger partial charge < -0.3 is 29.0 Å². The van der Waals surface area contributed by atoms with Gasteiger partial charge in [0.1, 0.15) is 18.8 Å². The summed E-state index contributed by atoms with van der Waals surface area (Å²) in [5.41, 5.74) is 1.58. The number of nitrogens with one attached hydrogen (secondary N) is 1. The van der Waals surface area contributed by atoms with Crippen molar-refractivity contribution in [1.82, 2.24) is 5.32 Å². The van der Waals surface area contributed by atoms with Crippen LogP contribution in [0.5, 0.6) is 0 Å². The van der Waals surface area contributed by atoms with E-state index in [9.17, 15) is 19.2 Å². The van der Waals surface area contributed by atoms with Crippen LogP contribution in [-0.2, 0) is 35.1 Å². The van der Waals surface area contributed by atoms with Crippen LogP contribution >= 0.6 is 0 Å². The summed E-state index contributed by atoms with van der Waals surface area (Å²) in [6.07, 6.45) is -5.03. The molecule has 0 spiro atoms. The molecule has 5 rings (SSSR count). The normalized spacial score (nSPS) is 20.6. The molecule has 4 aromatic carbocycles. The Morgan fingerprint density at radius 2 is 1.09 bits per heavy atom. The number of amides is 1. The number of benzene rings is 4. The minimum Gasteiger partial charge on any atom is -0.459 e.